The molecule has 0 amide bonds. The molecule has 202 valence electrons. The summed E-state index contributed by atoms with van der Waals surface area (Å²) in [6.07, 6.45) is -2.26. The van der Waals surface area contributed by atoms with E-state index >= 15 is 0 Å². The Bertz CT molecular complexity index is 1740. The summed E-state index contributed by atoms with van der Waals surface area (Å²) in [5, 5.41) is 8.54. The average molecular weight is 547 g/mol. The summed E-state index contributed by atoms with van der Waals surface area (Å²) in [5.41, 5.74) is 0.865. The molecule has 0 unspecified atom stereocenters. The monoisotopic (exact) mass is 547 g/mol. The Hall–Kier alpha value is -4.62. The number of rotatable bonds is 6. The smallest absolute Gasteiger partial charge is 0.434 e. The normalized spacial score (nSPS) is 12.0. The molecule has 0 aliphatic rings. The van der Waals surface area contributed by atoms with E-state index in [1.165, 1.54) is 26.9 Å². The first-order chi connectivity index (χ1) is 18.4. The van der Waals surface area contributed by atoms with Crippen LogP contribution in [-0.2, 0) is 26.8 Å². The molecule has 0 bridgehead atoms. The lowest BCUT2D eigenvalue weighted by Gasteiger charge is -2.10. The van der Waals surface area contributed by atoms with Crippen molar-refractivity contribution < 1.29 is 31.1 Å². The van der Waals surface area contributed by atoms with E-state index in [9.17, 15) is 26.3 Å². The highest BCUT2D eigenvalue weighted by atomic mass is 19.4. The Labute approximate surface area is 216 Å². The third-order valence-electron chi connectivity index (χ3n) is 6.06. The van der Waals surface area contributed by atoms with Gasteiger partial charge in [-0.05, 0) is 23.8 Å². The molecule has 0 fully saturated rings. The lowest BCUT2D eigenvalue weighted by Crippen LogP contribution is -2.23. The van der Waals surface area contributed by atoms with Gasteiger partial charge in [-0.25, -0.2) is 19.3 Å². The van der Waals surface area contributed by atoms with Gasteiger partial charge in [-0.3, -0.25) is 9.98 Å². The van der Waals surface area contributed by atoms with Gasteiger partial charge < -0.3 is 13.9 Å². The van der Waals surface area contributed by atoms with Crippen LogP contribution in [0, 0.1) is 11.2 Å². The second kappa shape index (κ2) is 9.60. The van der Waals surface area contributed by atoms with Crippen molar-refractivity contribution in [3.05, 3.63) is 77.6 Å². The van der Waals surface area contributed by atoms with Crippen molar-refractivity contribution in [2.45, 2.75) is 19.3 Å². The largest absolute Gasteiger partial charge is 0.434 e. The lowest BCUT2D eigenvalue weighted by molar-refractivity contribution is -0.140. The first-order valence-electron chi connectivity index (χ1n) is 11.3. The number of nitrogens with zero attached hydrogens (tertiary/aromatic N) is 6. The van der Waals surface area contributed by atoms with Crippen LogP contribution in [0.3, 0.4) is 0 Å². The summed E-state index contributed by atoms with van der Waals surface area (Å²) < 4.78 is 87.7. The summed E-state index contributed by atoms with van der Waals surface area (Å²) >= 11 is 0. The van der Waals surface area contributed by atoms with Crippen LogP contribution >= 0.6 is 0 Å². The van der Waals surface area contributed by atoms with Gasteiger partial charge in [0.25, 0.3) is 0 Å². The van der Waals surface area contributed by atoms with E-state index in [4.69, 9.17) is 5.41 Å². The van der Waals surface area contributed by atoms with Crippen LogP contribution < -0.4 is 10.4 Å². The van der Waals surface area contributed by atoms with Crippen molar-refractivity contribution in [3.8, 4) is 28.5 Å². The van der Waals surface area contributed by atoms with Gasteiger partial charge in [0.2, 0.25) is 5.62 Å². The third-order valence-corrected chi connectivity index (χ3v) is 6.06. The van der Waals surface area contributed by atoms with Crippen molar-refractivity contribution in [2.24, 2.45) is 14.1 Å². The zero-order valence-corrected chi connectivity index (χ0v) is 20.3. The fourth-order valence-corrected chi connectivity index (χ4v) is 4.17. The minimum atomic E-state index is -4.57. The average Bonchev–Trinajstić information content (AvgIpc) is 3.39. The molecule has 3 heterocycles. The zero-order valence-electron chi connectivity index (χ0n) is 20.3. The predicted molar refractivity (Wildman–Crippen MR) is 127 cm³/mol. The molecule has 0 saturated carbocycles. The van der Waals surface area contributed by atoms with Crippen LogP contribution in [0.4, 0.5) is 26.3 Å². The van der Waals surface area contributed by atoms with Crippen molar-refractivity contribution in [2.75, 3.05) is 0 Å². The van der Waals surface area contributed by atoms with E-state index in [1.807, 2.05) is 0 Å². The van der Waals surface area contributed by atoms with E-state index in [0.717, 1.165) is 24.4 Å². The number of nitrogens with one attached hydrogen (secondary N) is 1. The molecule has 39 heavy (non-hydrogen) atoms. The number of aromatic nitrogens is 6. The molecule has 0 radical (unpaired) electrons. The van der Waals surface area contributed by atoms with E-state index in [0.29, 0.717) is 16.6 Å². The van der Waals surface area contributed by atoms with Crippen molar-refractivity contribution in [1.29, 1.82) is 5.41 Å². The molecule has 14 heteroatoms. The molecule has 0 spiro atoms. The van der Waals surface area contributed by atoms with Gasteiger partial charge in [0, 0.05) is 25.9 Å². The first kappa shape index (κ1) is 26.0. The topological polar surface area (TPSA) is 86.5 Å². The van der Waals surface area contributed by atoms with Crippen LogP contribution in [-0.4, -0.2) is 35.3 Å². The lowest BCUT2D eigenvalue weighted by atomic mass is 10.1. The number of aryl methyl sites for hydroxylation is 2. The van der Waals surface area contributed by atoms with Crippen LogP contribution in [0.25, 0.3) is 33.9 Å². The molecule has 1 N–H and O–H groups in total. The van der Waals surface area contributed by atoms with Crippen LogP contribution in [0.15, 0.2) is 54.9 Å². The van der Waals surface area contributed by atoms with Gasteiger partial charge in [-0.1, -0.05) is 24.3 Å². The van der Waals surface area contributed by atoms with Crippen molar-refractivity contribution in [3.63, 3.8) is 0 Å². The molecule has 5 rings (SSSR count). The van der Waals surface area contributed by atoms with Crippen molar-refractivity contribution in [1.82, 2.24) is 28.7 Å². The number of ether oxygens (including phenoxy) is 1. The quantitative estimate of drug-likeness (QED) is 0.299. The van der Waals surface area contributed by atoms with Crippen LogP contribution in [0.2, 0.25) is 0 Å². The van der Waals surface area contributed by atoms with Crippen LogP contribution in [0.5, 0.6) is 5.75 Å². The van der Waals surface area contributed by atoms with E-state index in [-0.39, 0.29) is 40.8 Å². The number of fused-ring (bicyclic) bond motifs is 1. The van der Waals surface area contributed by atoms with E-state index < -0.39 is 24.3 Å². The molecule has 0 aliphatic heterocycles. The van der Waals surface area contributed by atoms with E-state index in [1.54, 1.807) is 31.3 Å². The third kappa shape index (κ3) is 4.96. The molecule has 8 nitrogen and oxygen atoms in total. The van der Waals surface area contributed by atoms with Gasteiger partial charge in [0.15, 0.2) is 17.2 Å². The second-order valence-electron chi connectivity index (χ2n) is 8.65. The highest BCUT2D eigenvalue weighted by Gasteiger charge is 2.34. The maximum Gasteiger partial charge on any atom is 0.434 e. The maximum absolute atomic E-state index is 14.0. The maximum atomic E-state index is 14.0. The minimum Gasteiger partial charge on any atom is -0.434 e. The standard InChI is InChI=1S/C25H19F6N7O/c1-36-12-19(25(29,30)31)34-21(36)14-5-3-13(4-6-14)11-38-22-17(37(2)24(38)32)10-33-20(35-22)16-9-15(26)7-8-18(16)39-23(27)28/h3-10,12,23,32H,11H2,1-2H3. The summed E-state index contributed by atoms with van der Waals surface area (Å²) in [6.45, 7) is -3.00. The van der Waals surface area contributed by atoms with Gasteiger partial charge in [0.05, 0.1) is 18.3 Å². The summed E-state index contributed by atoms with van der Waals surface area (Å²) in [6, 6.07) is 9.62. The fraction of sp³-hybridized carbons (Fsp3) is 0.200. The van der Waals surface area contributed by atoms with Gasteiger partial charge >= 0.3 is 12.8 Å². The highest BCUT2D eigenvalue weighted by Crippen LogP contribution is 2.32. The molecular formula is C25H19F6N7O. The predicted octanol–water partition coefficient (Wildman–Crippen LogP) is 5.12. The summed E-state index contributed by atoms with van der Waals surface area (Å²) in [5.74, 6) is -0.949. The Morgan fingerprint density at radius 1 is 1.03 bits per heavy atom. The molecular weight excluding hydrogens is 528 g/mol. The van der Waals surface area contributed by atoms with Crippen molar-refractivity contribution >= 4 is 11.2 Å². The Morgan fingerprint density at radius 3 is 2.38 bits per heavy atom. The van der Waals surface area contributed by atoms with Gasteiger partial charge in [-0.15, -0.1) is 0 Å². The molecule has 0 atom stereocenters. The Balaban J connectivity index is 1.52. The number of hydrogen-bond acceptors (Lipinski definition) is 5. The van der Waals surface area contributed by atoms with Crippen LogP contribution in [0.1, 0.15) is 11.3 Å². The molecule has 3 aromatic heterocycles. The molecule has 0 aliphatic carbocycles. The number of benzene rings is 2. The SMILES string of the molecule is Cn1cc(C(F)(F)F)nc1-c1ccc(Cn2c(=N)n(C)c3cnc(-c4cc(F)ccc4OC(F)F)nc32)cc1. The number of halogens is 6. The number of hydrogen-bond donors (Lipinski definition) is 1. The Morgan fingerprint density at radius 2 is 1.74 bits per heavy atom. The molecule has 2 aromatic carbocycles. The highest BCUT2D eigenvalue weighted by molar-refractivity contribution is 5.75. The van der Waals surface area contributed by atoms with Gasteiger partial charge in [-0.2, -0.15) is 22.0 Å². The first-order valence-corrected chi connectivity index (χ1v) is 11.3. The number of alkyl halides is 5. The van der Waals surface area contributed by atoms with Gasteiger partial charge in [0.1, 0.15) is 22.9 Å². The zero-order chi connectivity index (χ0) is 28.1. The molecule has 0 saturated heterocycles. The fourth-order valence-electron chi connectivity index (χ4n) is 4.17. The molecule has 5 aromatic rings. The minimum absolute atomic E-state index is 0.0442. The second-order valence-corrected chi connectivity index (χ2v) is 8.65. The van der Waals surface area contributed by atoms with E-state index in [2.05, 4.69) is 19.7 Å². The Kier molecular flexibility index (Phi) is 6.40. The number of imidazole rings is 2. The summed E-state index contributed by atoms with van der Waals surface area (Å²) in [4.78, 5) is 12.3. The summed E-state index contributed by atoms with van der Waals surface area (Å²) in [7, 11) is 3.09.